The summed E-state index contributed by atoms with van der Waals surface area (Å²) in [6.07, 6.45) is 4.63. The van der Waals surface area contributed by atoms with Gasteiger partial charge in [0.05, 0.1) is 5.54 Å². The maximum absolute atomic E-state index is 13.7. The number of aryl methyl sites for hydroxylation is 1. The Morgan fingerprint density at radius 3 is 2.24 bits per heavy atom. The number of piperazine rings is 1. The molecule has 0 aromatic heterocycles. The first-order chi connectivity index (χ1) is 11.9. The molecule has 2 amide bonds. The van der Waals surface area contributed by atoms with E-state index >= 15 is 0 Å². The summed E-state index contributed by atoms with van der Waals surface area (Å²) in [5, 5.41) is 0. The summed E-state index contributed by atoms with van der Waals surface area (Å²) in [6.45, 7) is 3.55. The van der Waals surface area contributed by atoms with E-state index in [4.69, 9.17) is 5.73 Å². The quantitative estimate of drug-likeness (QED) is 0.891. The Morgan fingerprint density at radius 1 is 1.04 bits per heavy atom. The molecule has 136 valence electrons. The Labute approximate surface area is 148 Å². The van der Waals surface area contributed by atoms with Gasteiger partial charge in [0.25, 0.3) is 5.91 Å². The van der Waals surface area contributed by atoms with Crippen LogP contribution in [0.25, 0.3) is 0 Å². The fourth-order valence-corrected chi connectivity index (χ4v) is 3.73. The second-order valence-electron chi connectivity index (χ2n) is 7.27. The van der Waals surface area contributed by atoms with Crippen LogP contribution in [0.5, 0.6) is 0 Å². The van der Waals surface area contributed by atoms with Gasteiger partial charge in [-0.1, -0.05) is 25.3 Å². The van der Waals surface area contributed by atoms with E-state index in [0.717, 1.165) is 32.1 Å². The van der Waals surface area contributed by atoms with Crippen LogP contribution < -0.4 is 5.73 Å². The van der Waals surface area contributed by atoms with Crippen LogP contribution in [0.1, 0.15) is 48.0 Å². The van der Waals surface area contributed by atoms with Crippen LogP contribution in [-0.2, 0) is 4.79 Å². The number of nitrogens with zero attached hydrogens (tertiary/aromatic N) is 2. The van der Waals surface area contributed by atoms with Gasteiger partial charge in [0.15, 0.2) is 0 Å². The molecule has 0 radical (unpaired) electrons. The summed E-state index contributed by atoms with van der Waals surface area (Å²) >= 11 is 0. The molecule has 1 aliphatic carbocycles. The van der Waals surface area contributed by atoms with Crippen LogP contribution in [0.4, 0.5) is 4.39 Å². The first-order valence-corrected chi connectivity index (χ1v) is 9.04. The van der Waals surface area contributed by atoms with Crippen molar-refractivity contribution in [3.8, 4) is 0 Å². The van der Waals surface area contributed by atoms with E-state index in [1.165, 1.54) is 6.07 Å². The lowest BCUT2D eigenvalue weighted by atomic mass is 9.81. The summed E-state index contributed by atoms with van der Waals surface area (Å²) < 4.78 is 13.7. The highest BCUT2D eigenvalue weighted by Crippen LogP contribution is 2.28. The van der Waals surface area contributed by atoms with E-state index < -0.39 is 5.54 Å². The van der Waals surface area contributed by atoms with Crippen molar-refractivity contribution in [2.45, 2.75) is 44.6 Å². The van der Waals surface area contributed by atoms with Crippen LogP contribution in [0, 0.1) is 12.7 Å². The lowest BCUT2D eigenvalue weighted by Gasteiger charge is -2.41. The number of amides is 2. The van der Waals surface area contributed by atoms with Gasteiger partial charge >= 0.3 is 0 Å². The molecule has 1 aliphatic heterocycles. The van der Waals surface area contributed by atoms with Gasteiger partial charge in [0.2, 0.25) is 5.91 Å². The molecular weight excluding hydrogens is 321 g/mol. The Bertz CT molecular complexity index is 663. The predicted octanol–water partition coefficient (Wildman–Crippen LogP) is 2.08. The number of hydrogen-bond acceptors (Lipinski definition) is 3. The highest BCUT2D eigenvalue weighted by atomic mass is 19.1. The number of benzene rings is 1. The molecule has 25 heavy (non-hydrogen) atoms. The van der Waals surface area contributed by atoms with Crippen LogP contribution >= 0.6 is 0 Å². The fourth-order valence-electron chi connectivity index (χ4n) is 3.73. The van der Waals surface area contributed by atoms with Crippen LogP contribution in [0.3, 0.4) is 0 Å². The number of hydrogen-bond donors (Lipinski definition) is 1. The summed E-state index contributed by atoms with van der Waals surface area (Å²) in [5.41, 5.74) is 6.48. The fraction of sp³-hybridized carbons (Fsp3) is 0.579. The molecule has 5 nitrogen and oxygen atoms in total. The third-order valence-electron chi connectivity index (χ3n) is 5.44. The first-order valence-electron chi connectivity index (χ1n) is 9.04. The Kier molecular flexibility index (Phi) is 5.08. The second kappa shape index (κ2) is 7.12. The molecule has 0 unspecified atom stereocenters. The van der Waals surface area contributed by atoms with E-state index in [1.54, 1.807) is 28.9 Å². The van der Waals surface area contributed by atoms with Crippen molar-refractivity contribution in [3.63, 3.8) is 0 Å². The largest absolute Gasteiger partial charge is 0.338 e. The topological polar surface area (TPSA) is 66.6 Å². The van der Waals surface area contributed by atoms with Crippen molar-refractivity contribution in [2.75, 3.05) is 26.2 Å². The average molecular weight is 347 g/mol. The van der Waals surface area contributed by atoms with Crippen molar-refractivity contribution in [1.82, 2.24) is 9.80 Å². The Morgan fingerprint density at radius 2 is 1.64 bits per heavy atom. The normalized spacial score (nSPS) is 20.4. The van der Waals surface area contributed by atoms with Gasteiger partial charge in [-0.15, -0.1) is 0 Å². The van der Waals surface area contributed by atoms with Gasteiger partial charge in [0.1, 0.15) is 5.82 Å². The molecule has 0 atom stereocenters. The molecule has 2 aliphatic rings. The summed E-state index contributed by atoms with van der Waals surface area (Å²) in [7, 11) is 0. The number of halogens is 1. The second-order valence-corrected chi connectivity index (χ2v) is 7.27. The summed E-state index contributed by atoms with van der Waals surface area (Å²) in [5.74, 6) is -0.547. The molecule has 1 aromatic carbocycles. The van der Waals surface area contributed by atoms with Gasteiger partial charge in [-0.2, -0.15) is 0 Å². The highest BCUT2D eigenvalue weighted by Gasteiger charge is 2.39. The SMILES string of the molecule is Cc1ccc(C(=O)N2CCN(C(=O)C3(N)CCCCC3)CC2)cc1F. The number of carbonyl (C=O) groups excluding carboxylic acids is 2. The molecule has 0 spiro atoms. The minimum absolute atomic E-state index is 0.0145. The number of nitrogens with two attached hydrogens (primary N) is 1. The minimum atomic E-state index is -0.732. The van der Waals surface area contributed by atoms with E-state index in [9.17, 15) is 14.0 Å². The molecule has 1 aromatic rings. The van der Waals surface area contributed by atoms with Crippen LogP contribution in [-0.4, -0.2) is 53.3 Å². The van der Waals surface area contributed by atoms with E-state index in [-0.39, 0.29) is 17.6 Å². The number of carbonyl (C=O) groups is 2. The van der Waals surface area contributed by atoms with Crippen molar-refractivity contribution >= 4 is 11.8 Å². The lowest BCUT2D eigenvalue weighted by molar-refractivity contribution is -0.139. The van der Waals surface area contributed by atoms with E-state index in [2.05, 4.69) is 0 Å². The van der Waals surface area contributed by atoms with Crippen LogP contribution in [0.15, 0.2) is 18.2 Å². The molecule has 3 rings (SSSR count). The van der Waals surface area contributed by atoms with Crippen molar-refractivity contribution in [1.29, 1.82) is 0 Å². The standard InChI is InChI=1S/C19H26FN3O2/c1-14-5-6-15(13-16(14)20)17(24)22-9-11-23(12-10-22)18(25)19(21)7-3-2-4-8-19/h5-6,13H,2-4,7-12,21H2,1H3. The number of rotatable bonds is 2. The third-order valence-corrected chi connectivity index (χ3v) is 5.44. The molecule has 1 heterocycles. The lowest BCUT2D eigenvalue weighted by Crippen LogP contribution is -2.60. The van der Waals surface area contributed by atoms with E-state index in [0.29, 0.717) is 37.3 Å². The van der Waals surface area contributed by atoms with Crippen molar-refractivity contribution < 1.29 is 14.0 Å². The zero-order chi connectivity index (χ0) is 18.0. The zero-order valence-corrected chi connectivity index (χ0v) is 14.8. The van der Waals surface area contributed by atoms with Gasteiger partial charge in [0, 0.05) is 31.7 Å². The summed E-state index contributed by atoms with van der Waals surface area (Å²) in [4.78, 5) is 28.7. The Hall–Kier alpha value is -1.95. The molecule has 2 fully saturated rings. The molecular formula is C19H26FN3O2. The van der Waals surface area contributed by atoms with Crippen LogP contribution in [0.2, 0.25) is 0 Å². The van der Waals surface area contributed by atoms with E-state index in [1.807, 2.05) is 0 Å². The van der Waals surface area contributed by atoms with Gasteiger partial charge in [-0.05, 0) is 37.5 Å². The molecule has 2 N–H and O–H groups in total. The molecule has 0 bridgehead atoms. The third kappa shape index (κ3) is 3.68. The van der Waals surface area contributed by atoms with Gasteiger partial charge in [-0.3, -0.25) is 9.59 Å². The van der Waals surface area contributed by atoms with Crippen molar-refractivity contribution in [2.24, 2.45) is 5.73 Å². The van der Waals surface area contributed by atoms with Gasteiger partial charge < -0.3 is 15.5 Å². The Balaban J connectivity index is 1.60. The first kappa shape index (κ1) is 17.9. The maximum atomic E-state index is 13.7. The summed E-state index contributed by atoms with van der Waals surface area (Å²) in [6, 6.07) is 4.55. The minimum Gasteiger partial charge on any atom is -0.338 e. The van der Waals surface area contributed by atoms with Crippen molar-refractivity contribution in [3.05, 3.63) is 35.1 Å². The monoisotopic (exact) mass is 347 g/mol. The smallest absolute Gasteiger partial charge is 0.254 e. The van der Waals surface area contributed by atoms with Gasteiger partial charge in [-0.25, -0.2) is 4.39 Å². The molecule has 6 heteroatoms. The average Bonchev–Trinajstić information content (AvgIpc) is 2.63. The molecule has 1 saturated carbocycles. The zero-order valence-electron chi connectivity index (χ0n) is 14.8. The predicted molar refractivity (Wildman–Crippen MR) is 93.6 cm³/mol. The maximum Gasteiger partial charge on any atom is 0.254 e. The molecule has 1 saturated heterocycles. The highest BCUT2D eigenvalue weighted by molar-refractivity contribution is 5.94.